The van der Waals surface area contributed by atoms with Gasteiger partial charge < -0.3 is 15.4 Å². The first kappa shape index (κ1) is 14.0. The summed E-state index contributed by atoms with van der Waals surface area (Å²) in [6.07, 6.45) is 2.28. The van der Waals surface area contributed by atoms with Crippen molar-refractivity contribution in [2.45, 2.75) is 26.3 Å². The molecular weight excluding hydrogens is 240 g/mol. The van der Waals surface area contributed by atoms with Gasteiger partial charge in [0.05, 0.1) is 0 Å². The highest BCUT2D eigenvalue weighted by atomic mass is 16.5. The van der Waals surface area contributed by atoms with Crippen LogP contribution in [0.2, 0.25) is 0 Å². The highest BCUT2D eigenvalue weighted by molar-refractivity contribution is 5.89. The summed E-state index contributed by atoms with van der Waals surface area (Å²) in [6.45, 7) is 5.10. The summed E-state index contributed by atoms with van der Waals surface area (Å²) in [5.74, 6) is 0.679. The minimum atomic E-state index is -0.0307. The first-order chi connectivity index (χ1) is 9.25. The molecule has 0 unspecified atom stereocenters. The summed E-state index contributed by atoms with van der Waals surface area (Å²) in [5, 5.41) is 6.34. The van der Waals surface area contributed by atoms with Crippen LogP contribution in [0.25, 0.3) is 0 Å². The SMILES string of the molecule is CC(=O)Nc1ccccc1CNCC1CCOCC1. The van der Waals surface area contributed by atoms with Gasteiger partial charge >= 0.3 is 0 Å². The zero-order valence-electron chi connectivity index (χ0n) is 11.4. The fourth-order valence-electron chi connectivity index (χ4n) is 2.35. The number of ether oxygens (including phenoxy) is 1. The molecule has 0 aliphatic carbocycles. The molecule has 0 radical (unpaired) electrons. The van der Waals surface area contributed by atoms with E-state index in [0.29, 0.717) is 5.92 Å². The molecule has 4 nitrogen and oxygen atoms in total. The van der Waals surface area contributed by atoms with Gasteiger partial charge in [-0.25, -0.2) is 0 Å². The molecule has 2 N–H and O–H groups in total. The number of amides is 1. The fourth-order valence-corrected chi connectivity index (χ4v) is 2.35. The largest absolute Gasteiger partial charge is 0.381 e. The van der Waals surface area contributed by atoms with E-state index >= 15 is 0 Å². The molecule has 0 saturated carbocycles. The van der Waals surface area contributed by atoms with Crippen LogP contribution in [0.3, 0.4) is 0 Å². The zero-order chi connectivity index (χ0) is 13.5. The lowest BCUT2D eigenvalue weighted by atomic mass is 10.0. The van der Waals surface area contributed by atoms with E-state index in [1.165, 1.54) is 6.92 Å². The maximum absolute atomic E-state index is 11.1. The van der Waals surface area contributed by atoms with E-state index in [2.05, 4.69) is 10.6 Å². The van der Waals surface area contributed by atoms with Crippen molar-refractivity contribution < 1.29 is 9.53 Å². The lowest BCUT2D eigenvalue weighted by Gasteiger charge is -2.22. The van der Waals surface area contributed by atoms with Crippen molar-refractivity contribution in [3.63, 3.8) is 0 Å². The monoisotopic (exact) mass is 262 g/mol. The van der Waals surface area contributed by atoms with Gasteiger partial charge in [-0.3, -0.25) is 4.79 Å². The molecule has 104 valence electrons. The van der Waals surface area contributed by atoms with Crippen molar-refractivity contribution >= 4 is 11.6 Å². The van der Waals surface area contributed by atoms with Crippen LogP contribution in [0.5, 0.6) is 0 Å². The van der Waals surface area contributed by atoms with Crippen LogP contribution in [0.4, 0.5) is 5.69 Å². The standard InChI is InChI=1S/C15H22N2O2/c1-12(18)17-15-5-3-2-4-14(15)11-16-10-13-6-8-19-9-7-13/h2-5,13,16H,6-11H2,1H3,(H,17,18). The third kappa shape index (κ3) is 4.65. The second-order valence-electron chi connectivity index (χ2n) is 5.02. The summed E-state index contributed by atoms with van der Waals surface area (Å²) >= 11 is 0. The van der Waals surface area contributed by atoms with Gasteiger partial charge in [-0.05, 0) is 36.9 Å². The van der Waals surface area contributed by atoms with Crippen LogP contribution in [-0.2, 0) is 16.1 Å². The van der Waals surface area contributed by atoms with E-state index in [-0.39, 0.29) is 5.91 Å². The van der Waals surface area contributed by atoms with Crippen molar-refractivity contribution in [2.24, 2.45) is 5.92 Å². The van der Waals surface area contributed by atoms with Crippen LogP contribution >= 0.6 is 0 Å². The number of rotatable bonds is 5. The van der Waals surface area contributed by atoms with Crippen molar-refractivity contribution in [3.05, 3.63) is 29.8 Å². The number of hydrogen-bond donors (Lipinski definition) is 2. The summed E-state index contributed by atoms with van der Waals surface area (Å²) in [7, 11) is 0. The van der Waals surface area contributed by atoms with E-state index in [1.807, 2.05) is 24.3 Å². The molecule has 4 heteroatoms. The first-order valence-corrected chi connectivity index (χ1v) is 6.89. The van der Waals surface area contributed by atoms with Crippen LogP contribution in [0.15, 0.2) is 24.3 Å². The summed E-state index contributed by atoms with van der Waals surface area (Å²) in [4.78, 5) is 11.1. The molecule has 1 aromatic carbocycles. The topological polar surface area (TPSA) is 50.4 Å². The van der Waals surface area contributed by atoms with Crippen LogP contribution in [0, 0.1) is 5.92 Å². The summed E-state index contributed by atoms with van der Waals surface area (Å²) in [6, 6.07) is 7.92. The summed E-state index contributed by atoms with van der Waals surface area (Å²) in [5.41, 5.74) is 2.03. The molecule has 2 rings (SSSR count). The van der Waals surface area contributed by atoms with Gasteiger partial charge in [0.2, 0.25) is 5.91 Å². The number of anilines is 1. The Morgan fingerprint density at radius 2 is 2.05 bits per heavy atom. The lowest BCUT2D eigenvalue weighted by molar-refractivity contribution is -0.114. The third-order valence-corrected chi connectivity index (χ3v) is 3.42. The molecular formula is C15H22N2O2. The normalized spacial score (nSPS) is 16.3. The van der Waals surface area contributed by atoms with Gasteiger partial charge in [-0.15, -0.1) is 0 Å². The molecule has 1 aliphatic rings. The van der Waals surface area contributed by atoms with E-state index in [4.69, 9.17) is 4.74 Å². The molecule has 1 saturated heterocycles. The number of benzene rings is 1. The molecule has 0 atom stereocenters. The van der Waals surface area contributed by atoms with Crippen LogP contribution < -0.4 is 10.6 Å². The van der Waals surface area contributed by atoms with Crippen molar-refractivity contribution in [1.82, 2.24) is 5.32 Å². The van der Waals surface area contributed by atoms with Crippen LogP contribution in [0.1, 0.15) is 25.3 Å². The van der Waals surface area contributed by atoms with Gasteiger partial charge in [0.15, 0.2) is 0 Å². The van der Waals surface area contributed by atoms with Gasteiger partial charge in [0.1, 0.15) is 0 Å². The predicted molar refractivity (Wildman–Crippen MR) is 76.0 cm³/mol. The molecule has 0 bridgehead atoms. The van der Waals surface area contributed by atoms with Gasteiger partial charge in [0, 0.05) is 32.4 Å². The molecule has 19 heavy (non-hydrogen) atoms. The molecule has 1 amide bonds. The fraction of sp³-hybridized carbons (Fsp3) is 0.533. The molecule has 1 aliphatic heterocycles. The number of para-hydroxylation sites is 1. The molecule has 0 aromatic heterocycles. The Morgan fingerprint density at radius 1 is 1.32 bits per heavy atom. The Balaban J connectivity index is 1.83. The van der Waals surface area contributed by atoms with Gasteiger partial charge in [-0.2, -0.15) is 0 Å². The maximum atomic E-state index is 11.1. The van der Waals surface area contributed by atoms with E-state index in [0.717, 1.165) is 50.4 Å². The zero-order valence-corrected chi connectivity index (χ0v) is 11.4. The number of carbonyl (C=O) groups excluding carboxylic acids is 1. The average Bonchev–Trinajstić information content (AvgIpc) is 2.41. The Hall–Kier alpha value is -1.39. The van der Waals surface area contributed by atoms with Crippen molar-refractivity contribution in [3.8, 4) is 0 Å². The second kappa shape index (κ2) is 7.26. The lowest BCUT2D eigenvalue weighted by Crippen LogP contribution is -2.27. The molecule has 1 fully saturated rings. The van der Waals surface area contributed by atoms with E-state index in [9.17, 15) is 4.79 Å². The molecule has 1 heterocycles. The van der Waals surface area contributed by atoms with Crippen molar-refractivity contribution in [2.75, 3.05) is 25.1 Å². The highest BCUT2D eigenvalue weighted by Gasteiger charge is 2.13. The van der Waals surface area contributed by atoms with Crippen LogP contribution in [-0.4, -0.2) is 25.7 Å². The minimum absolute atomic E-state index is 0.0307. The first-order valence-electron chi connectivity index (χ1n) is 6.89. The highest BCUT2D eigenvalue weighted by Crippen LogP contribution is 2.16. The van der Waals surface area contributed by atoms with E-state index < -0.39 is 0 Å². The number of carbonyl (C=O) groups is 1. The summed E-state index contributed by atoms with van der Waals surface area (Å²) < 4.78 is 5.35. The number of nitrogens with one attached hydrogen (secondary N) is 2. The Morgan fingerprint density at radius 3 is 2.79 bits per heavy atom. The predicted octanol–water partition coefficient (Wildman–Crippen LogP) is 2.16. The van der Waals surface area contributed by atoms with E-state index in [1.54, 1.807) is 0 Å². The Kier molecular flexibility index (Phi) is 5.36. The Labute approximate surface area is 114 Å². The number of hydrogen-bond acceptors (Lipinski definition) is 3. The molecule has 0 spiro atoms. The second-order valence-corrected chi connectivity index (χ2v) is 5.02. The van der Waals surface area contributed by atoms with Crippen molar-refractivity contribution in [1.29, 1.82) is 0 Å². The smallest absolute Gasteiger partial charge is 0.221 e. The Bertz CT molecular complexity index is 414. The average molecular weight is 262 g/mol. The van der Waals surface area contributed by atoms with Gasteiger partial charge in [0.25, 0.3) is 0 Å². The van der Waals surface area contributed by atoms with Gasteiger partial charge in [-0.1, -0.05) is 18.2 Å². The maximum Gasteiger partial charge on any atom is 0.221 e. The quantitative estimate of drug-likeness (QED) is 0.855. The molecule has 1 aromatic rings. The third-order valence-electron chi connectivity index (χ3n) is 3.42. The minimum Gasteiger partial charge on any atom is -0.381 e.